The Morgan fingerprint density at radius 3 is 2.27 bits per heavy atom. The molecule has 3 aromatic rings. The molecule has 0 atom stereocenters. The summed E-state index contributed by atoms with van der Waals surface area (Å²) in [6.45, 7) is 8.57. The fourth-order valence-corrected chi connectivity index (χ4v) is 3.68. The maximum absolute atomic E-state index is 6.43. The van der Waals surface area contributed by atoms with Gasteiger partial charge in [0.2, 0.25) is 0 Å². The van der Waals surface area contributed by atoms with Crippen molar-refractivity contribution in [2.24, 2.45) is 0 Å². The van der Waals surface area contributed by atoms with E-state index in [1.165, 1.54) is 0 Å². The van der Waals surface area contributed by atoms with E-state index in [-0.39, 0.29) is 5.48 Å². The molecule has 1 heterocycles. The lowest BCUT2D eigenvalue weighted by molar-refractivity contribution is 0.356. The van der Waals surface area contributed by atoms with Crippen LogP contribution in [0.4, 0.5) is 5.82 Å². The first-order chi connectivity index (χ1) is 13.6. The van der Waals surface area contributed by atoms with Crippen LogP contribution in [0.3, 0.4) is 0 Å². The molecule has 4 N–H and O–H groups in total. The third kappa shape index (κ3) is 4.68. The van der Waals surface area contributed by atoms with Gasteiger partial charge in [0.05, 0.1) is 24.8 Å². The predicted molar refractivity (Wildman–Crippen MR) is 126 cm³/mol. The summed E-state index contributed by atoms with van der Waals surface area (Å²) in [7, 11) is 1.62. The molecule has 0 radical (unpaired) electrons. The second-order valence-electron chi connectivity index (χ2n) is 7.75. The second kappa shape index (κ2) is 8.92. The minimum Gasteiger partial charge on any atom is -0.493 e. The summed E-state index contributed by atoms with van der Waals surface area (Å²) in [5, 5.41) is 1.33. The van der Waals surface area contributed by atoms with Crippen molar-refractivity contribution in [2.75, 3.05) is 20.0 Å². The van der Waals surface area contributed by atoms with Crippen LogP contribution in [-0.2, 0) is 0 Å². The van der Waals surface area contributed by atoms with Crippen molar-refractivity contribution in [2.45, 2.75) is 26.6 Å². The molecule has 0 unspecified atom stereocenters. The molecule has 158 valence electrons. The number of nitrogens with zero attached hydrogens (tertiary/aromatic N) is 2. The number of hydrogen-bond acceptors (Lipinski definition) is 5. The third-order valence-corrected chi connectivity index (χ3v) is 5.64. The van der Waals surface area contributed by atoms with Gasteiger partial charge >= 0.3 is 0 Å². The first kappa shape index (κ1) is 23.5. The Hall–Kier alpha value is -2.79. The summed E-state index contributed by atoms with van der Waals surface area (Å²) in [6.07, 6.45) is 0. The molecule has 0 fully saturated rings. The number of rotatable bonds is 3. The highest BCUT2D eigenvalue weighted by Crippen LogP contribution is 2.35. The van der Waals surface area contributed by atoms with Crippen LogP contribution in [0.25, 0.3) is 22.3 Å². The lowest BCUT2D eigenvalue weighted by Crippen LogP contribution is -2.16. The highest BCUT2D eigenvalue weighted by molar-refractivity contribution is 6.83. The van der Waals surface area contributed by atoms with Crippen LogP contribution in [0, 0.1) is 18.4 Å². The molecular weight excluding hydrogens is 418 g/mol. The summed E-state index contributed by atoms with van der Waals surface area (Å²) in [5.74, 6) is 5.32. The SMILES string of the molecule is COc1cc2nc(-c3ccc(Cl)c(C#C[Si](C)(C)C)c3C)nc(N)c2cc1OC.O. The molecule has 8 heteroatoms. The van der Waals surface area contributed by atoms with E-state index in [1.54, 1.807) is 26.4 Å². The van der Waals surface area contributed by atoms with Crippen molar-refractivity contribution < 1.29 is 14.9 Å². The van der Waals surface area contributed by atoms with Crippen LogP contribution in [0.5, 0.6) is 11.5 Å². The van der Waals surface area contributed by atoms with Crippen molar-refractivity contribution in [1.82, 2.24) is 9.97 Å². The number of ether oxygens (including phenoxy) is 2. The third-order valence-electron chi connectivity index (χ3n) is 4.45. The molecule has 0 aliphatic heterocycles. The fraction of sp³-hybridized carbons (Fsp3) is 0.273. The zero-order chi connectivity index (χ0) is 21.3. The number of fused-ring (bicyclic) bond motifs is 1. The number of nitrogen functional groups attached to an aromatic ring is 1. The molecule has 0 bridgehead atoms. The largest absolute Gasteiger partial charge is 0.493 e. The number of anilines is 1. The zero-order valence-corrected chi connectivity index (χ0v) is 19.7. The molecule has 6 nitrogen and oxygen atoms in total. The number of nitrogens with two attached hydrogens (primary N) is 1. The Morgan fingerprint density at radius 2 is 1.67 bits per heavy atom. The van der Waals surface area contributed by atoms with E-state index in [9.17, 15) is 0 Å². The maximum Gasteiger partial charge on any atom is 0.162 e. The molecule has 0 aliphatic rings. The van der Waals surface area contributed by atoms with Crippen LogP contribution in [-0.4, -0.2) is 37.7 Å². The summed E-state index contributed by atoms with van der Waals surface area (Å²) in [4.78, 5) is 9.25. The average Bonchev–Trinajstić information content (AvgIpc) is 2.66. The molecular formula is C22H26ClN3O3Si. The smallest absolute Gasteiger partial charge is 0.162 e. The van der Waals surface area contributed by atoms with Crippen LogP contribution in [0.15, 0.2) is 24.3 Å². The van der Waals surface area contributed by atoms with Crippen molar-refractivity contribution in [3.8, 4) is 34.4 Å². The summed E-state index contributed by atoms with van der Waals surface area (Å²) in [6, 6.07) is 7.31. The van der Waals surface area contributed by atoms with E-state index in [2.05, 4.69) is 36.1 Å². The van der Waals surface area contributed by atoms with E-state index in [4.69, 9.17) is 31.8 Å². The van der Waals surface area contributed by atoms with Crippen LogP contribution >= 0.6 is 11.6 Å². The monoisotopic (exact) mass is 443 g/mol. The summed E-state index contributed by atoms with van der Waals surface area (Å²) in [5.41, 5.74) is 12.9. The highest BCUT2D eigenvalue weighted by atomic mass is 35.5. The Labute approximate surface area is 182 Å². The van der Waals surface area contributed by atoms with E-state index < -0.39 is 8.07 Å². The molecule has 3 rings (SSSR count). The lowest BCUT2D eigenvalue weighted by Gasteiger charge is -2.13. The Bertz CT molecular complexity index is 1160. The number of hydrogen-bond donors (Lipinski definition) is 1. The topological polar surface area (TPSA) is 102 Å². The normalized spacial score (nSPS) is 10.8. The van der Waals surface area contributed by atoms with E-state index in [0.29, 0.717) is 39.1 Å². The van der Waals surface area contributed by atoms with E-state index in [1.807, 2.05) is 19.1 Å². The number of aromatic nitrogens is 2. The Balaban J connectivity index is 0.00000320. The number of benzene rings is 2. The van der Waals surface area contributed by atoms with E-state index >= 15 is 0 Å². The van der Waals surface area contributed by atoms with Gasteiger partial charge in [-0.3, -0.25) is 0 Å². The van der Waals surface area contributed by atoms with Gasteiger partial charge in [0.15, 0.2) is 17.3 Å². The molecule has 30 heavy (non-hydrogen) atoms. The highest BCUT2D eigenvalue weighted by Gasteiger charge is 2.16. The first-order valence-electron chi connectivity index (χ1n) is 9.16. The minimum atomic E-state index is -1.54. The van der Waals surface area contributed by atoms with Gasteiger partial charge in [-0.15, -0.1) is 5.54 Å². The van der Waals surface area contributed by atoms with Gasteiger partial charge in [-0.05, 0) is 30.7 Å². The molecule has 0 amide bonds. The maximum atomic E-state index is 6.43. The van der Waals surface area contributed by atoms with Gasteiger partial charge in [0, 0.05) is 22.6 Å². The quantitative estimate of drug-likeness (QED) is 0.481. The summed E-state index contributed by atoms with van der Waals surface area (Å²) < 4.78 is 10.7. The first-order valence-corrected chi connectivity index (χ1v) is 13.0. The van der Waals surface area contributed by atoms with Crippen molar-refractivity contribution >= 4 is 36.4 Å². The number of methoxy groups -OCH3 is 2. The standard InChI is InChI=1S/C22H24ClN3O2Si.H2O/c1-13-14(9-10-29(4,5)6)17(23)8-7-15(13)22-25-18-12-20(28-3)19(27-2)11-16(18)21(24)26-22;/h7-8,11-12H,1-6H3,(H2,24,25,26);1H2. The molecule has 0 saturated heterocycles. The Kier molecular flexibility index (Phi) is 6.98. The number of halogens is 1. The molecule has 0 aliphatic carbocycles. The van der Waals surface area contributed by atoms with Gasteiger partial charge < -0.3 is 20.7 Å². The minimum absolute atomic E-state index is 0. The molecule has 0 saturated carbocycles. The summed E-state index contributed by atoms with van der Waals surface area (Å²) >= 11 is 6.43. The van der Waals surface area contributed by atoms with Crippen molar-refractivity contribution in [3.63, 3.8) is 0 Å². The zero-order valence-electron chi connectivity index (χ0n) is 18.0. The van der Waals surface area contributed by atoms with Gasteiger partial charge in [0.1, 0.15) is 13.9 Å². The van der Waals surface area contributed by atoms with Gasteiger partial charge in [-0.2, -0.15) is 0 Å². The van der Waals surface area contributed by atoms with Crippen LogP contribution in [0.1, 0.15) is 11.1 Å². The van der Waals surface area contributed by atoms with Gasteiger partial charge in [-0.1, -0.05) is 37.2 Å². The van der Waals surface area contributed by atoms with Gasteiger partial charge in [-0.25, -0.2) is 9.97 Å². The fourth-order valence-electron chi connectivity index (χ4n) is 2.92. The molecule has 1 aromatic heterocycles. The second-order valence-corrected chi connectivity index (χ2v) is 12.9. The molecule has 2 aromatic carbocycles. The van der Waals surface area contributed by atoms with E-state index in [0.717, 1.165) is 16.7 Å². The van der Waals surface area contributed by atoms with Crippen molar-refractivity contribution in [1.29, 1.82) is 0 Å². The molecule has 0 spiro atoms. The van der Waals surface area contributed by atoms with Gasteiger partial charge in [0.25, 0.3) is 0 Å². The van der Waals surface area contributed by atoms with Crippen LogP contribution in [0.2, 0.25) is 24.7 Å². The van der Waals surface area contributed by atoms with Crippen LogP contribution < -0.4 is 15.2 Å². The Morgan fingerprint density at radius 1 is 1.03 bits per heavy atom. The predicted octanol–water partition coefficient (Wildman–Crippen LogP) is 4.26. The van der Waals surface area contributed by atoms with Crippen molar-refractivity contribution in [3.05, 3.63) is 40.4 Å². The lowest BCUT2D eigenvalue weighted by atomic mass is 10.0. The average molecular weight is 444 g/mol.